The van der Waals surface area contributed by atoms with Gasteiger partial charge in [-0.05, 0) is 62.0 Å². The number of ether oxygens (including phenoxy) is 1. The fraction of sp³-hybridized carbons (Fsp3) is 0.480. The zero-order valence-corrected chi connectivity index (χ0v) is 19.1. The fourth-order valence-corrected chi connectivity index (χ4v) is 4.99. The number of nitrogens with zero attached hydrogens (tertiary/aromatic N) is 1. The molecule has 2 heterocycles. The second kappa shape index (κ2) is 10.1. The number of benzene rings is 2. The molecule has 1 N–H and O–H groups in total. The van der Waals surface area contributed by atoms with Crippen LogP contribution < -0.4 is 5.32 Å². The third-order valence-corrected chi connectivity index (χ3v) is 7.24. The molecule has 2 aromatic carbocycles. The summed E-state index contributed by atoms with van der Waals surface area (Å²) in [5.41, 5.74) is 2.64. The number of amides is 1. The van der Waals surface area contributed by atoms with Crippen LogP contribution in [0.15, 0.2) is 59.1 Å². The number of carbonyl (C=O) groups is 1. The summed E-state index contributed by atoms with van der Waals surface area (Å²) < 4.78 is 6.73. The Hall–Kier alpha value is -1.69. The molecule has 0 radical (unpaired) electrons. The molecule has 2 aliphatic rings. The van der Waals surface area contributed by atoms with Gasteiger partial charge >= 0.3 is 0 Å². The summed E-state index contributed by atoms with van der Waals surface area (Å²) in [6.45, 7) is 5.15. The predicted octanol–water partition coefficient (Wildman–Crippen LogP) is 4.53. The molecule has 0 unspecified atom stereocenters. The summed E-state index contributed by atoms with van der Waals surface area (Å²) in [6.07, 6.45) is 3.79. The van der Waals surface area contributed by atoms with Crippen molar-refractivity contribution in [1.82, 2.24) is 10.2 Å². The van der Waals surface area contributed by atoms with E-state index >= 15 is 0 Å². The molecule has 0 saturated carbocycles. The number of hydrogen-bond acceptors (Lipinski definition) is 3. The molecule has 1 amide bonds. The van der Waals surface area contributed by atoms with Gasteiger partial charge in [0.1, 0.15) is 0 Å². The van der Waals surface area contributed by atoms with E-state index < -0.39 is 0 Å². The molecule has 0 bridgehead atoms. The number of hydrogen-bond donors (Lipinski definition) is 1. The zero-order valence-electron chi connectivity index (χ0n) is 17.5. The number of rotatable bonds is 6. The third kappa shape index (κ3) is 5.32. The lowest BCUT2D eigenvalue weighted by Gasteiger charge is -2.38. The van der Waals surface area contributed by atoms with E-state index in [1.807, 2.05) is 0 Å². The molecular formula is C25H31BrN2O2. The largest absolute Gasteiger partial charge is 0.381 e. The average Bonchev–Trinajstić information content (AvgIpc) is 2.81. The van der Waals surface area contributed by atoms with Gasteiger partial charge in [0.2, 0.25) is 5.91 Å². The van der Waals surface area contributed by atoms with Crippen molar-refractivity contribution in [2.75, 3.05) is 32.8 Å². The Morgan fingerprint density at radius 1 is 1.03 bits per heavy atom. The Morgan fingerprint density at radius 2 is 1.70 bits per heavy atom. The standard InChI is InChI=1S/C25H31BrN2O2/c26-23-8-6-20(7-9-23)18-28-14-10-21(11-15-28)24(29)27-19-25(12-16-30-17-13-25)22-4-2-1-3-5-22/h1-9,21H,10-19H2,(H,27,29). The molecule has 0 aromatic heterocycles. The molecule has 30 heavy (non-hydrogen) atoms. The van der Waals surface area contributed by atoms with Crippen LogP contribution in [0.1, 0.15) is 36.8 Å². The number of likely N-dealkylation sites (tertiary alicyclic amines) is 1. The van der Waals surface area contributed by atoms with E-state index in [-0.39, 0.29) is 17.2 Å². The molecule has 2 saturated heterocycles. The molecule has 0 aliphatic carbocycles. The second-order valence-corrected chi connectivity index (χ2v) is 9.57. The Morgan fingerprint density at radius 3 is 2.37 bits per heavy atom. The molecule has 5 heteroatoms. The maximum absolute atomic E-state index is 13.0. The molecule has 4 rings (SSSR count). The van der Waals surface area contributed by atoms with Crippen molar-refractivity contribution in [3.8, 4) is 0 Å². The van der Waals surface area contributed by atoms with Crippen LogP contribution in [-0.4, -0.2) is 43.7 Å². The van der Waals surface area contributed by atoms with E-state index in [2.05, 4.69) is 80.7 Å². The van der Waals surface area contributed by atoms with Gasteiger partial charge in [-0.2, -0.15) is 0 Å². The lowest BCUT2D eigenvalue weighted by molar-refractivity contribution is -0.127. The number of piperidine rings is 1. The van der Waals surface area contributed by atoms with E-state index in [4.69, 9.17) is 4.74 Å². The summed E-state index contributed by atoms with van der Waals surface area (Å²) in [6, 6.07) is 19.1. The summed E-state index contributed by atoms with van der Waals surface area (Å²) in [5, 5.41) is 3.31. The lowest BCUT2D eigenvalue weighted by Crippen LogP contribution is -2.47. The van der Waals surface area contributed by atoms with Crippen LogP contribution in [0.5, 0.6) is 0 Å². The van der Waals surface area contributed by atoms with Gasteiger partial charge in [-0.1, -0.05) is 58.4 Å². The van der Waals surface area contributed by atoms with Crippen LogP contribution >= 0.6 is 15.9 Å². The number of nitrogens with one attached hydrogen (secondary N) is 1. The van der Waals surface area contributed by atoms with Gasteiger partial charge in [0.15, 0.2) is 0 Å². The highest BCUT2D eigenvalue weighted by Gasteiger charge is 2.35. The number of carbonyl (C=O) groups excluding carboxylic acids is 1. The molecule has 2 aromatic rings. The Balaban J connectivity index is 1.29. The quantitative estimate of drug-likeness (QED) is 0.674. The van der Waals surface area contributed by atoms with Crippen molar-refractivity contribution in [2.24, 2.45) is 5.92 Å². The molecule has 0 atom stereocenters. The zero-order chi connectivity index (χ0) is 20.8. The van der Waals surface area contributed by atoms with E-state index in [0.29, 0.717) is 6.54 Å². The van der Waals surface area contributed by atoms with Gasteiger partial charge in [-0.3, -0.25) is 9.69 Å². The molecule has 4 nitrogen and oxygen atoms in total. The first-order valence-corrected chi connectivity index (χ1v) is 11.8. The molecule has 2 aliphatic heterocycles. The number of halogens is 1. The van der Waals surface area contributed by atoms with Crippen LogP contribution in [-0.2, 0) is 21.5 Å². The minimum absolute atomic E-state index is 0.00252. The first-order chi connectivity index (χ1) is 14.6. The molecule has 0 spiro atoms. The van der Waals surface area contributed by atoms with Gasteiger partial charge < -0.3 is 10.1 Å². The van der Waals surface area contributed by atoms with Gasteiger partial charge in [-0.15, -0.1) is 0 Å². The summed E-state index contributed by atoms with van der Waals surface area (Å²) >= 11 is 3.49. The monoisotopic (exact) mass is 470 g/mol. The highest BCUT2D eigenvalue weighted by molar-refractivity contribution is 9.10. The van der Waals surface area contributed by atoms with Gasteiger partial charge in [0.05, 0.1) is 0 Å². The van der Waals surface area contributed by atoms with Crippen molar-refractivity contribution < 1.29 is 9.53 Å². The fourth-order valence-electron chi connectivity index (χ4n) is 4.72. The Kier molecular flexibility index (Phi) is 7.24. The average molecular weight is 471 g/mol. The molecule has 160 valence electrons. The predicted molar refractivity (Wildman–Crippen MR) is 123 cm³/mol. The normalized spacial score (nSPS) is 20.0. The third-order valence-electron chi connectivity index (χ3n) is 6.71. The van der Waals surface area contributed by atoms with Crippen LogP contribution in [0.4, 0.5) is 0 Å². The molecule has 2 fully saturated rings. The van der Waals surface area contributed by atoms with Crippen molar-refractivity contribution >= 4 is 21.8 Å². The molecular weight excluding hydrogens is 440 g/mol. The smallest absolute Gasteiger partial charge is 0.223 e. The Bertz CT molecular complexity index is 811. The van der Waals surface area contributed by atoms with Crippen molar-refractivity contribution in [3.63, 3.8) is 0 Å². The Labute approximate surface area is 188 Å². The summed E-state index contributed by atoms with van der Waals surface area (Å²) in [4.78, 5) is 15.4. The highest BCUT2D eigenvalue weighted by Crippen LogP contribution is 2.34. The van der Waals surface area contributed by atoms with E-state index in [1.54, 1.807) is 0 Å². The minimum Gasteiger partial charge on any atom is -0.381 e. The van der Waals surface area contributed by atoms with Crippen LogP contribution in [0.25, 0.3) is 0 Å². The maximum Gasteiger partial charge on any atom is 0.223 e. The second-order valence-electron chi connectivity index (χ2n) is 8.65. The SMILES string of the molecule is O=C(NCC1(c2ccccc2)CCOCC1)C1CCN(Cc2ccc(Br)cc2)CC1. The van der Waals surface area contributed by atoms with Gasteiger partial charge in [-0.25, -0.2) is 0 Å². The topological polar surface area (TPSA) is 41.6 Å². The van der Waals surface area contributed by atoms with Gasteiger partial charge in [0.25, 0.3) is 0 Å². The van der Waals surface area contributed by atoms with Crippen molar-refractivity contribution in [3.05, 3.63) is 70.2 Å². The van der Waals surface area contributed by atoms with Crippen molar-refractivity contribution in [1.29, 1.82) is 0 Å². The van der Waals surface area contributed by atoms with Crippen LogP contribution in [0, 0.1) is 5.92 Å². The van der Waals surface area contributed by atoms with Crippen LogP contribution in [0.3, 0.4) is 0 Å². The first-order valence-electron chi connectivity index (χ1n) is 11.0. The van der Waals surface area contributed by atoms with E-state index in [1.165, 1.54) is 11.1 Å². The van der Waals surface area contributed by atoms with E-state index in [9.17, 15) is 4.79 Å². The van der Waals surface area contributed by atoms with Crippen molar-refractivity contribution in [2.45, 2.75) is 37.6 Å². The first kappa shape index (κ1) is 21.5. The summed E-state index contributed by atoms with van der Waals surface area (Å²) in [7, 11) is 0. The minimum atomic E-state index is -0.00252. The highest BCUT2D eigenvalue weighted by atomic mass is 79.9. The van der Waals surface area contributed by atoms with Gasteiger partial charge in [0, 0.05) is 42.1 Å². The van der Waals surface area contributed by atoms with Crippen LogP contribution in [0.2, 0.25) is 0 Å². The van der Waals surface area contributed by atoms with E-state index in [0.717, 1.165) is 63.0 Å². The maximum atomic E-state index is 13.0. The lowest BCUT2D eigenvalue weighted by atomic mass is 9.74. The summed E-state index contributed by atoms with van der Waals surface area (Å²) in [5.74, 6) is 0.346.